The lowest BCUT2D eigenvalue weighted by Gasteiger charge is -1.98. The fourth-order valence-corrected chi connectivity index (χ4v) is 1.52. The normalized spacial score (nSPS) is 9.73. The third-order valence-corrected chi connectivity index (χ3v) is 2.36. The molecule has 0 aliphatic rings. The van der Waals surface area contributed by atoms with Crippen LogP contribution in [0, 0.1) is 11.8 Å². The largest absolute Gasteiger partial charge is 0.236 e. The third kappa shape index (κ3) is 2.23. The Morgan fingerprint density at radius 2 is 2.20 bits per heavy atom. The molecule has 0 spiro atoms. The monoisotopic (exact) mass is 234 g/mol. The number of rotatable bonds is 0. The first kappa shape index (κ1) is 10.3. The summed E-state index contributed by atoms with van der Waals surface area (Å²) in [6, 6.07) is 5.67. The van der Waals surface area contributed by atoms with Gasteiger partial charge in [0.2, 0.25) is 0 Å². The molecular formula is C11H7ClN2S. The van der Waals surface area contributed by atoms with Gasteiger partial charge in [0.05, 0.1) is 11.3 Å². The van der Waals surface area contributed by atoms with Crippen LogP contribution in [0.15, 0.2) is 24.5 Å². The molecule has 1 aromatic heterocycles. The van der Waals surface area contributed by atoms with Gasteiger partial charge in [0.1, 0.15) is 11.5 Å². The highest BCUT2D eigenvalue weighted by Gasteiger charge is 2.00. The molecule has 0 amide bonds. The number of aromatic nitrogens is 2. The third-order valence-electron chi connectivity index (χ3n) is 1.90. The maximum Gasteiger partial charge on any atom is 0.140 e. The minimum atomic E-state index is 0.453. The molecule has 1 aromatic carbocycles. The predicted molar refractivity (Wildman–Crippen MR) is 65.3 cm³/mol. The van der Waals surface area contributed by atoms with Crippen LogP contribution in [0.4, 0.5) is 0 Å². The van der Waals surface area contributed by atoms with Gasteiger partial charge in [-0.25, -0.2) is 9.97 Å². The maximum atomic E-state index is 5.95. The van der Waals surface area contributed by atoms with Crippen molar-refractivity contribution in [2.45, 2.75) is 0 Å². The zero-order valence-corrected chi connectivity index (χ0v) is 9.39. The SMILES string of the molecule is SCC#Cc1ccc2ncnc(Cl)c2c1. The quantitative estimate of drug-likeness (QED) is 0.431. The number of nitrogens with zero attached hydrogens (tertiary/aromatic N) is 2. The second-order valence-corrected chi connectivity index (χ2v) is 3.53. The van der Waals surface area contributed by atoms with E-state index in [0.717, 1.165) is 16.5 Å². The molecule has 15 heavy (non-hydrogen) atoms. The summed E-state index contributed by atoms with van der Waals surface area (Å²) in [5, 5.41) is 1.28. The molecule has 0 fully saturated rings. The van der Waals surface area contributed by atoms with Crippen molar-refractivity contribution in [3.63, 3.8) is 0 Å². The molecule has 0 saturated carbocycles. The van der Waals surface area contributed by atoms with E-state index in [1.54, 1.807) is 0 Å². The van der Waals surface area contributed by atoms with Crippen LogP contribution in [-0.4, -0.2) is 15.7 Å². The van der Waals surface area contributed by atoms with Gasteiger partial charge in [-0.05, 0) is 18.2 Å². The minimum Gasteiger partial charge on any atom is -0.236 e. The maximum absolute atomic E-state index is 5.95. The van der Waals surface area contributed by atoms with Gasteiger partial charge in [0, 0.05) is 10.9 Å². The fraction of sp³-hybridized carbons (Fsp3) is 0.0909. The van der Waals surface area contributed by atoms with Crippen molar-refractivity contribution in [1.82, 2.24) is 9.97 Å². The number of benzene rings is 1. The first-order valence-electron chi connectivity index (χ1n) is 4.31. The van der Waals surface area contributed by atoms with E-state index in [4.69, 9.17) is 11.6 Å². The molecule has 2 nitrogen and oxygen atoms in total. The standard InChI is InChI=1S/C11H7ClN2S/c12-11-9-6-8(2-1-5-15)3-4-10(9)13-7-14-11/h3-4,6-7,15H,5H2. The summed E-state index contributed by atoms with van der Waals surface area (Å²) in [5.41, 5.74) is 1.72. The first-order chi connectivity index (χ1) is 7.31. The molecule has 2 rings (SSSR count). The molecule has 0 atom stereocenters. The van der Waals surface area contributed by atoms with Crippen LogP contribution in [0.1, 0.15) is 5.56 Å². The highest BCUT2D eigenvalue weighted by molar-refractivity contribution is 7.80. The first-order valence-corrected chi connectivity index (χ1v) is 5.32. The number of hydrogen-bond acceptors (Lipinski definition) is 3. The molecule has 0 bridgehead atoms. The van der Waals surface area contributed by atoms with Crippen LogP contribution in [0.2, 0.25) is 5.15 Å². The van der Waals surface area contributed by atoms with E-state index in [0.29, 0.717) is 10.9 Å². The van der Waals surface area contributed by atoms with Crippen LogP contribution >= 0.6 is 24.2 Å². The lowest BCUT2D eigenvalue weighted by Crippen LogP contribution is -1.84. The summed E-state index contributed by atoms with van der Waals surface area (Å²) < 4.78 is 0. The Morgan fingerprint density at radius 3 is 3.00 bits per heavy atom. The number of hydrogen-bond donors (Lipinski definition) is 1. The summed E-state index contributed by atoms with van der Waals surface area (Å²) in [4.78, 5) is 8.02. The average Bonchev–Trinajstić information content (AvgIpc) is 2.27. The topological polar surface area (TPSA) is 25.8 Å². The Labute approximate surface area is 98.1 Å². The Kier molecular flexibility index (Phi) is 3.10. The minimum absolute atomic E-state index is 0.453. The Morgan fingerprint density at radius 1 is 1.33 bits per heavy atom. The molecule has 0 N–H and O–H groups in total. The van der Waals surface area contributed by atoms with E-state index in [2.05, 4.69) is 34.4 Å². The summed E-state index contributed by atoms with van der Waals surface area (Å²) in [5.74, 6) is 6.39. The van der Waals surface area contributed by atoms with Gasteiger partial charge in [-0.2, -0.15) is 12.6 Å². The predicted octanol–water partition coefficient (Wildman–Crippen LogP) is 2.56. The van der Waals surface area contributed by atoms with Crippen LogP contribution in [-0.2, 0) is 0 Å². The van der Waals surface area contributed by atoms with E-state index in [-0.39, 0.29) is 0 Å². The Balaban J connectivity index is 2.59. The van der Waals surface area contributed by atoms with Crippen molar-refractivity contribution in [1.29, 1.82) is 0 Å². The molecule has 0 saturated heterocycles. The van der Waals surface area contributed by atoms with Crippen LogP contribution in [0.5, 0.6) is 0 Å². The summed E-state index contributed by atoms with van der Waals surface area (Å²) in [6.45, 7) is 0. The van der Waals surface area contributed by atoms with Crippen LogP contribution < -0.4 is 0 Å². The van der Waals surface area contributed by atoms with Gasteiger partial charge in [0.15, 0.2) is 0 Å². The lowest BCUT2D eigenvalue weighted by atomic mass is 10.1. The number of thiol groups is 1. The molecule has 0 unspecified atom stereocenters. The molecule has 74 valence electrons. The molecule has 0 aliphatic carbocycles. The number of halogens is 1. The van der Waals surface area contributed by atoms with Crippen molar-refractivity contribution >= 4 is 35.1 Å². The Bertz CT molecular complexity index is 557. The van der Waals surface area contributed by atoms with Crippen molar-refractivity contribution in [3.8, 4) is 11.8 Å². The molecule has 0 aliphatic heterocycles. The highest BCUT2D eigenvalue weighted by Crippen LogP contribution is 2.19. The zero-order chi connectivity index (χ0) is 10.7. The van der Waals surface area contributed by atoms with Crippen molar-refractivity contribution in [2.75, 3.05) is 5.75 Å². The van der Waals surface area contributed by atoms with Gasteiger partial charge < -0.3 is 0 Å². The van der Waals surface area contributed by atoms with Crippen LogP contribution in [0.3, 0.4) is 0 Å². The molecule has 1 heterocycles. The van der Waals surface area contributed by atoms with Crippen molar-refractivity contribution in [3.05, 3.63) is 35.2 Å². The average molecular weight is 235 g/mol. The second-order valence-electron chi connectivity index (χ2n) is 2.86. The summed E-state index contributed by atoms with van der Waals surface area (Å²) in [7, 11) is 0. The smallest absolute Gasteiger partial charge is 0.140 e. The van der Waals surface area contributed by atoms with Gasteiger partial charge >= 0.3 is 0 Å². The van der Waals surface area contributed by atoms with E-state index in [1.807, 2.05) is 18.2 Å². The lowest BCUT2D eigenvalue weighted by molar-refractivity contribution is 1.22. The van der Waals surface area contributed by atoms with Crippen molar-refractivity contribution < 1.29 is 0 Å². The number of fused-ring (bicyclic) bond motifs is 1. The van der Waals surface area contributed by atoms with Crippen molar-refractivity contribution in [2.24, 2.45) is 0 Å². The van der Waals surface area contributed by atoms with E-state index in [1.165, 1.54) is 6.33 Å². The zero-order valence-electron chi connectivity index (χ0n) is 7.74. The van der Waals surface area contributed by atoms with E-state index in [9.17, 15) is 0 Å². The molecular weight excluding hydrogens is 228 g/mol. The Hall–Kier alpha value is -1.24. The second kappa shape index (κ2) is 4.52. The molecule has 2 aromatic rings. The summed E-state index contributed by atoms with van der Waals surface area (Å²) in [6.07, 6.45) is 1.45. The van der Waals surface area contributed by atoms with Gasteiger partial charge in [0.25, 0.3) is 0 Å². The van der Waals surface area contributed by atoms with E-state index < -0.39 is 0 Å². The fourth-order valence-electron chi connectivity index (χ4n) is 1.24. The van der Waals surface area contributed by atoms with Gasteiger partial charge in [-0.3, -0.25) is 0 Å². The summed E-state index contributed by atoms with van der Waals surface area (Å²) >= 11 is 9.97. The molecule has 0 radical (unpaired) electrons. The van der Waals surface area contributed by atoms with Gasteiger partial charge in [-0.1, -0.05) is 23.4 Å². The highest BCUT2D eigenvalue weighted by atomic mass is 35.5. The van der Waals surface area contributed by atoms with Crippen LogP contribution in [0.25, 0.3) is 10.9 Å². The van der Waals surface area contributed by atoms with Gasteiger partial charge in [-0.15, -0.1) is 0 Å². The molecule has 4 heteroatoms. The van der Waals surface area contributed by atoms with E-state index >= 15 is 0 Å².